The summed E-state index contributed by atoms with van der Waals surface area (Å²) in [4.78, 5) is 3.75. The van der Waals surface area contributed by atoms with Gasteiger partial charge in [-0.2, -0.15) is 0 Å². The summed E-state index contributed by atoms with van der Waals surface area (Å²) in [5, 5.41) is 0. The molecular formula is C8H11IN4. The Kier molecular flexibility index (Phi) is 2.65. The van der Waals surface area contributed by atoms with Crippen molar-refractivity contribution in [3.05, 3.63) is 9.13 Å². The molecule has 1 rings (SSSR count). The maximum Gasteiger partial charge on any atom is 0.111 e. The second-order valence-electron chi connectivity index (χ2n) is 2.69. The normalized spacial score (nSPS) is 10.0. The van der Waals surface area contributed by atoms with Crippen LogP contribution in [0.4, 0.5) is 22.7 Å². The minimum atomic E-state index is 0.408. The molecule has 0 aliphatic carbocycles. The summed E-state index contributed by atoms with van der Waals surface area (Å²) >= 11 is 2.11. The Labute approximate surface area is 90.3 Å². The summed E-state index contributed by atoms with van der Waals surface area (Å²) in [6.45, 7) is 5.27. The standard InChI is InChI=1S/C8H11IN4/c1-3-4(9)6(11)8(13-2)7(12)5(3)10/h2,10-12H2,1H3. The summed E-state index contributed by atoms with van der Waals surface area (Å²) in [7, 11) is 0. The van der Waals surface area contributed by atoms with Gasteiger partial charge in [0.25, 0.3) is 0 Å². The van der Waals surface area contributed by atoms with E-state index in [-0.39, 0.29) is 0 Å². The third-order valence-corrected chi connectivity index (χ3v) is 3.32. The van der Waals surface area contributed by atoms with Gasteiger partial charge in [0.15, 0.2) is 0 Å². The van der Waals surface area contributed by atoms with E-state index in [0.717, 1.165) is 9.13 Å². The van der Waals surface area contributed by atoms with Gasteiger partial charge in [0, 0.05) is 3.57 Å². The van der Waals surface area contributed by atoms with Gasteiger partial charge in [-0.3, -0.25) is 4.99 Å². The molecule has 70 valence electrons. The van der Waals surface area contributed by atoms with Crippen LogP contribution in [0.15, 0.2) is 4.99 Å². The van der Waals surface area contributed by atoms with Gasteiger partial charge in [0.2, 0.25) is 0 Å². The minimum Gasteiger partial charge on any atom is -0.397 e. The molecule has 0 unspecified atom stereocenters. The molecule has 0 heterocycles. The fourth-order valence-corrected chi connectivity index (χ4v) is 1.62. The molecule has 6 N–H and O–H groups in total. The fourth-order valence-electron chi connectivity index (χ4n) is 1.07. The summed E-state index contributed by atoms with van der Waals surface area (Å²) in [6.07, 6.45) is 0. The highest BCUT2D eigenvalue weighted by molar-refractivity contribution is 14.1. The van der Waals surface area contributed by atoms with E-state index in [1.807, 2.05) is 6.92 Å². The quantitative estimate of drug-likeness (QED) is 0.417. The first kappa shape index (κ1) is 10.1. The molecule has 0 aliphatic rings. The van der Waals surface area contributed by atoms with Crippen LogP contribution in [-0.4, -0.2) is 6.72 Å². The van der Waals surface area contributed by atoms with Crippen molar-refractivity contribution < 1.29 is 0 Å². The number of hydrogen-bond donors (Lipinski definition) is 3. The zero-order valence-corrected chi connectivity index (χ0v) is 9.42. The molecule has 0 atom stereocenters. The molecule has 4 nitrogen and oxygen atoms in total. The molecule has 0 amide bonds. The molecular weight excluding hydrogens is 279 g/mol. The number of hydrogen-bond acceptors (Lipinski definition) is 4. The van der Waals surface area contributed by atoms with Crippen molar-refractivity contribution in [1.29, 1.82) is 0 Å². The van der Waals surface area contributed by atoms with Crippen LogP contribution in [0.25, 0.3) is 0 Å². The smallest absolute Gasteiger partial charge is 0.111 e. The molecule has 0 saturated heterocycles. The predicted molar refractivity (Wildman–Crippen MR) is 66.3 cm³/mol. The van der Waals surface area contributed by atoms with Crippen LogP contribution < -0.4 is 17.2 Å². The molecule has 1 aromatic carbocycles. The molecule has 0 aliphatic heterocycles. The lowest BCUT2D eigenvalue weighted by Gasteiger charge is -2.12. The third-order valence-electron chi connectivity index (χ3n) is 1.93. The largest absolute Gasteiger partial charge is 0.397 e. The van der Waals surface area contributed by atoms with Crippen molar-refractivity contribution in [2.24, 2.45) is 4.99 Å². The predicted octanol–water partition coefficient (Wildman–Crippen LogP) is 1.68. The minimum absolute atomic E-state index is 0.408. The molecule has 0 aromatic heterocycles. The first-order valence-electron chi connectivity index (χ1n) is 3.59. The summed E-state index contributed by atoms with van der Waals surface area (Å²) < 4.78 is 0.881. The average Bonchev–Trinajstić information content (AvgIpc) is 2.13. The van der Waals surface area contributed by atoms with Gasteiger partial charge in [-0.15, -0.1) is 0 Å². The van der Waals surface area contributed by atoms with Crippen molar-refractivity contribution in [1.82, 2.24) is 0 Å². The van der Waals surface area contributed by atoms with Gasteiger partial charge in [-0.25, -0.2) is 0 Å². The third kappa shape index (κ3) is 1.43. The number of benzene rings is 1. The first-order chi connectivity index (χ1) is 6.00. The highest BCUT2D eigenvalue weighted by Crippen LogP contribution is 2.40. The molecule has 0 bridgehead atoms. The highest BCUT2D eigenvalue weighted by atomic mass is 127. The van der Waals surface area contributed by atoms with Crippen molar-refractivity contribution in [2.45, 2.75) is 6.92 Å². The first-order valence-corrected chi connectivity index (χ1v) is 4.67. The van der Waals surface area contributed by atoms with Crippen LogP contribution in [-0.2, 0) is 0 Å². The maximum atomic E-state index is 5.79. The molecule has 1 aromatic rings. The summed E-state index contributed by atoms with van der Waals surface area (Å²) in [5.41, 5.74) is 20.1. The number of anilines is 3. The molecule has 0 spiro atoms. The molecule has 13 heavy (non-hydrogen) atoms. The van der Waals surface area contributed by atoms with Crippen molar-refractivity contribution in [3.8, 4) is 0 Å². The number of halogens is 1. The monoisotopic (exact) mass is 290 g/mol. The Bertz CT molecular complexity index is 344. The Morgan fingerprint density at radius 3 is 2.15 bits per heavy atom. The Morgan fingerprint density at radius 2 is 1.69 bits per heavy atom. The van der Waals surface area contributed by atoms with Gasteiger partial charge in [-0.1, -0.05) is 0 Å². The number of nitrogens with zero attached hydrogens (tertiary/aromatic N) is 1. The topological polar surface area (TPSA) is 90.4 Å². The van der Waals surface area contributed by atoms with E-state index >= 15 is 0 Å². The van der Waals surface area contributed by atoms with Gasteiger partial charge >= 0.3 is 0 Å². The second-order valence-corrected chi connectivity index (χ2v) is 3.77. The molecule has 0 fully saturated rings. The number of nitrogens with two attached hydrogens (primary N) is 3. The van der Waals surface area contributed by atoms with Crippen LogP contribution in [0.1, 0.15) is 5.56 Å². The van der Waals surface area contributed by atoms with Crippen molar-refractivity contribution in [2.75, 3.05) is 17.2 Å². The van der Waals surface area contributed by atoms with E-state index in [1.165, 1.54) is 0 Å². The van der Waals surface area contributed by atoms with Crippen LogP contribution in [0.2, 0.25) is 0 Å². The van der Waals surface area contributed by atoms with E-state index in [0.29, 0.717) is 22.7 Å². The zero-order valence-electron chi connectivity index (χ0n) is 7.26. The fraction of sp³-hybridized carbons (Fsp3) is 0.125. The lowest BCUT2D eigenvalue weighted by Crippen LogP contribution is -2.03. The van der Waals surface area contributed by atoms with Gasteiger partial charge in [0.05, 0.1) is 17.1 Å². The SMILES string of the molecule is C=Nc1c(N)c(N)c(C)c(I)c1N. The van der Waals surface area contributed by atoms with E-state index in [9.17, 15) is 0 Å². The van der Waals surface area contributed by atoms with Crippen LogP contribution in [0.5, 0.6) is 0 Å². The van der Waals surface area contributed by atoms with Gasteiger partial charge in [-0.05, 0) is 41.8 Å². The van der Waals surface area contributed by atoms with E-state index in [1.54, 1.807) is 0 Å². The Balaban J connectivity index is 3.66. The van der Waals surface area contributed by atoms with Crippen molar-refractivity contribution in [3.63, 3.8) is 0 Å². The number of rotatable bonds is 1. The van der Waals surface area contributed by atoms with Crippen LogP contribution >= 0.6 is 22.6 Å². The summed E-state index contributed by atoms with van der Waals surface area (Å²) in [6, 6.07) is 0. The summed E-state index contributed by atoms with van der Waals surface area (Å²) in [5.74, 6) is 0. The number of aliphatic imine (C=N–C) groups is 1. The average molecular weight is 290 g/mol. The zero-order chi connectivity index (χ0) is 10.2. The van der Waals surface area contributed by atoms with Crippen LogP contribution in [0, 0.1) is 10.5 Å². The van der Waals surface area contributed by atoms with Gasteiger partial charge in [0.1, 0.15) is 5.69 Å². The molecule has 0 radical (unpaired) electrons. The number of nitrogen functional groups attached to an aromatic ring is 3. The van der Waals surface area contributed by atoms with E-state index < -0.39 is 0 Å². The highest BCUT2D eigenvalue weighted by Gasteiger charge is 2.13. The second kappa shape index (κ2) is 3.41. The van der Waals surface area contributed by atoms with Gasteiger partial charge < -0.3 is 17.2 Å². The lowest BCUT2D eigenvalue weighted by atomic mass is 10.1. The van der Waals surface area contributed by atoms with E-state index in [4.69, 9.17) is 17.2 Å². The molecule has 5 heteroatoms. The molecule has 0 saturated carbocycles. The Morgan fingerprint density at radius 1 is 1.15 bits per heavy atom. The lowest BCUT2D eigenvalue weighted by molar-refractivity contribution is 1.41. The van der Waals surface area contributed by atoms with E-state index in [2.05, 4.69) is 34.3 Å². The van der Waals surface area contributed by atoms with Crippen molar-refractivity contribution >= 4 is 52.1 Å². The Hall–Kier alpha value is -0.980. The van der Waals surface area contributed by atoms with Crippen LogP contribution in [0.3, 0.4) is 0 Å². The maximum absolute atomic E-state index is 5.79.